The van der Waals surface area contributed by atoms with E-state index in [0.29, 0.717) is 13.0 Å². The molecule has 1 atom stereocenters. The van der Waals surface area contributed by atoms with Gasteiger partial charge in [0.25, 0.3) is 0 Å². The van der Waals surface area contributed by atoms with Gasteiger partial charge in [-0.1, -0.05) is 65.2 Å². The average molecular weight is 457 g/mol. The van der Waals surface area contributed by atoms with Gasteiger partial charge in [-0.05, 0) is 55.5 Å². The summed E-state index contributed by atoms with van der Waals surface area (Å²) in [5.41, 5.74) is 3.09. The van der Waals surface area contributed by atoms with Crippen molar-refractivity contribution < 1.29 is 9.59 Å². The van der Waals surface area contributed by atoms with Crippen molar-refractivity contribution in [3.63, 3.8) is 0 Å². The maximum atomic E-state index is 13.3. The quantitative estimate of drug-likeness (QED) is 0.651. The van der Waals surface area contributed by atoms with Crippen molar-refractivity contribution in [1.82, 2.24) is 10.2 Å². The fraction of sp³-hybridized carbons (Fsp3) is 0.417. The van der Waals surface area contributed by atoms with Crippen LogP contribution in [0.5, 0.6) is 0 Å². The summed E-state index contributed by atoms with van der Waals surface area (Å²) in [5.74, 6) is -0.0987. The second kappa shape index (κ2) is 10.1. The molecule has 1 aliphatic carbocycles. The van der Waals surface area contributed by atoms with E-state index in [-0.39, 0.29) is 17.9 Å². The molecule has 0 heterocycles. The van der Waals surface area contributed by atoms with Crippen molar-refractivity contribution in [3.05, 3.63) is 69.7 Å². The number of benzene rings is 2. The van der Waals surface area contributed by atoms with Crippen molar-refractivity contribution in [3.8, 4) is 0 Å². The molecule has 1 aliphatic rings. The Hall–Kier alpha value is -2.14. The molecule has 1 saturated carbocycles. The highest BCUT2D eigenvalue weighted by Gasteiger charge is 2.28. The van der Waals surface area contributed by atoms with Crippen molar-refractivity contribution in [2.24, 2.45) is 0 Å². The summed E-state index contributed by atoms with van der Waals surface area (Å²) in [5, 5.41) is 3.14. The van der Waals surface area contributed by atoms with Gasteiger partial charge in [-0.25, -0.2) is 0 Å². The second-order valence-electron chi connectivity index (χ2n) is 7.92. The van der Waals surface area contributed by atoms with Gasteiger partial charge >= 0.3 is 0 Å². The number of amides is 2. The highest BCUT2D eigenvalue weighted by Crippen LogP contribution is 2.20. The topological polar surface area (TPSA) is 49.4 Å². The van der Waals surface area contributed by atoms with E-state index in [0.717, 1.165) is 46.8 Å². The first kappa shape index (κ1) is 21.6. The molecule has 1 N–H and O–H groups in total. The number of nitrogens with zero attached hydrogens (tertiary/aromatic N) is 1. The number of halogens is 1. The Morgan fingerprint density at radius 2 is 1.86 bits per heavy atom. The van der Waals surface area contributed by atoms with E-state index >= 15 is 0 Å². The SMILES string of the molecule is Cc1ccccc1CC(=O)N(Cc1cccc(Br)c1)[C@@H](C)C(=O)NC1CCCC1. The van der Waals surface area contributed by atoms with Crippen LogP contribution in [-0.4, -0.2) is 28.8 Å². The van der Waals surface area contributed by atoms with E-state index in [2.05, 4.69) is 21.2 Å². The normalized spacial score (nSPS) is 15.1. The van der Waals surface area contributed by atoms with Gasteiger partial charge in [-0.2, -0.15) is 0 Å². The highest BCUT2D eigenvalue weighted by molar-refractivity contribution is 9.10. The van der Waals surface area contributed by atoms with Crippen molar-refractivity contribution in [1.29, 1.82) is 0 Å². The minimum Gasteiger partial charge on any atom is -0.352 e. The summed E-state index contributed by atoms with van der Waals surface area (Å²) in [6.45, 7) is 4.25. The monoisotopic (exact) mass is 456 g/mol. The molecule has 0 spiro atoms. The van der Waals surface area contributed by atoms with Crippen LogP contribution in [0.2, 0.25) is 0 Å². The van der Waals surface area contributed by atoms with Gasteiger partial charge < -0.3 is 10.2 Å². The molecule has 0 radical (unpaired) electrons. The Kier molecular flexibility index (Phi) is 7.48. The maximum absolute atomic E-state index is 13.3. The number of aryl methyl sites for hydroxylation is 1. The molecule has 2 aromatic carbocycles. The first-order chi connectivity index (χ1) is 13.9. The lowest BCUT2D eigenvalue weighted by molar-refractivity contribution is -0.140. The molecule has 3 rings (SSSR count). The third-order valence-electron chi connectivity index (χ3n) is 5.71. The molecule has 0 aliphatic heterocycles. The van der Waals surface area contributed by atoms with Gasteiger partial charge in [0.1, 0.15) is 6.04 Å². The Morgan fingerprint density at radius 1 is 1.14 bits per heavy atom. The molecule has 0 saturated heterocycles. The van der Waals surface area contributed by atoms with E-state index in [1.165, 1.54) is 0 Å². The third kappa shape index (κ3) is 5.92. The van der Waals surface area contributed by atoms with Gasteiger partial charge in [-0.3, -0.25) is 9.59 Å². The fourth-order valence-corrected chi connectivity index (χ4v) is 4.33. The number of carbonyl (C=O) groups is 2. The van der Waals surface area contributed by atoms with Gasteiger partial charge in [0, 0.05) is 17.1 Å². The summed E-state index contributed by atoms with van der Waals surface area (Å²) in [7, 11) is 0. The van der Waals surface area contributed by atoms with E-state index < -0.39 is 6.04 Å². The van der Waals surface area contributed by atoms with Gasteiger partial charge in [0.15, 0.2) is 0 Å². The molecule has 1 fully saturated rings. The summed E-state index contributed by atoms with van der Waals surface area (Å²) in [4.78, 5) is 27.9. The Labute approximate surface area is 181 Å². The molecule has 5 heteroatoms. The number of hydrogen-bond donors (Lipinski definition) is 1. The smallest absolute Gasteiger partial charge is 0.242 e. The summed E-state index contributed by atoms with van der Waals surface area (Å²) in [6.07, 6.45) is 4.67. The number of nitrogens with one attached hydrogen (secondary N) is 1. The van der Waals surface area contributed by atoms with Crippen LogP contribution in [0.15, 0.2) is 53.0 Å². The van der Waals surface area contributed by atoms with Crippen molar-refractivity contribution >= 4 is 27.7 Å². The molecular weight excluding hydrogens is 428 g/mol. The third-order valence-corrected chi connectivity index (χ3v) is 6.21. The first-order valence-electron chi connectivity index (χ1n) is 10.3. The van der Waals surface area contributed by atoms with Gasteiger partial charge in [-0.15, -0.1) is 0 Å². The Morgan fingerprint density at radius 3 is 2.55 bits per heavy atom. The zero-order valence-corrected chi connectivity index (χ0v) is 18.7. The van der Waals surface area contributed by atoms with E-state index in [1.54, 1.807) is 4.90 Å². The number of carbonyl (C=O) groups excluding carboxylic acids is 2. The molecular formula is C24H29BrN2O2. The van der Waals surface area contributed by atoms with Crippen molar-refractivity contribution in [2.45, 2.75) is 64.6 Å². The van der Waals surface area contributed by atoms with E-state index in [4.69, 9.17) is 0 Å². The molecule has 2 aromatic rings. The van der Waals surface area contributed by atoms with Gasteiger partial charge in [0.05, 0.1) is 6.42 Å². The lowest BCUT2D eigenvalue weighted by atomic mass is 10.0. The van der Waals surface area contributed by atoms with Crippen LogP contribution < -0.4 is 5.32 Å². The molecule has 0 bridgehead atoms. The minimum atomic E-state index is -0.522. The van der Waals surface area contributed by atoms with Crippen LogP contribution in [0.4, 0.5) is 0 Å². The Bertz CT molecular complexity index is 861. The predicted molar refractivity (Wildman–Crippen MR) is 119 cm³/mol. The largest absolute Gasteiger partial charge is 0.352 e. The zero-order valence-electron chi connectivity index (χ0n) is 17.2. The lowest BCUT2D eigenvalue weighted by Crippen LogP contribution is -2.50. The van der Waals surface area contributed by atoms with Crippen LogP contribution in [0.3, 0.4) is 0 Å². The molecule has 0 unspecified atom stereocenters. The number of hydrogen-bond acceptors (Lipinski definition) is 2. The summed E-state index contributed by atoms with van der Waals surface area (Å²) in [6, 6.07) is 15.5. The first-order valence-corrected chi connectivity index (χ1v) is 11.1. The van der Waals surface area contributed by atoms with Crippen LogP contribution in [0, 0.1) is 6.92 Å². The summed E-state index contributed by atoms with van der Waals surface area (Å²) < 4.78 is 0.962. The standard InChI is InChI=1S/C24H29BrN2O2/c1-17-8-3-4-10-20(17)15-23(28)27(16-19-9-7-11-21(25)14-19)18(2)24(29)26-22-12-5-6-13-22/h3-4,7-11,14,18,22H,5-6,12-13,15-16H2,1-2H3,(H,26,29)/t18-/m0/s1. The predicted octanol–water partition coefficient (Wildman–Crippen LogP) is 4.78. The molecule has 154 valence electrons. The van der Waals surface area contributed by atoms with Crippen LogP contribution in [0.25, 0.3) is 0 Å². The minimum absolute atomic E-state index is 0.0339. The zero-order chi connectivity index (χ0) is 20.8. The Balaban J connectivity index is 1.78. The highest BCUT2D eigenvalue weighted by atomic mass is 79.9. The van der Waals surface area contributed by atoms with E-state index in [9.17, 15) is 9.59 Å². The lowest BCUT2D eigenvalue weighted by Gasteiger charge is -2.30. The molecule has 4 nitrogen and oxygen atoms in total. The average Bonchev–Trinajstić information content (AvgIpc) is 3.20. The van der Waals surface area contributed by atoms with Crippen LogP contribution in [-0.2, 0) is 22.6 Å². The molecule has 29 heavy (non-hydrogen) atoms. The van der Waals surface area contributed by atoms with Crippen LogP contribution in [0.1, 0.15) is 49.3 Å². The molecule has 2 amide bonds. The van der Waals surface area contributed by atoms with Crippen molar-refractivity contribution in [2.75, 3.05) is 0 Å². The van der Waals surface area contributed by atoms with E-state index in [1.807, 2.05) is 62.4 Å². The van der Waals surface area contributed by atoms with Gasteiger partial charge in [0.2, 0.25) is 11.8 Å². The maximum Gasteiger partial charge on any atom is 0.242 e. The number of rotatable bonds is 7. The summed E-state index contributed by atoms with van der Waals surface area (Å²) >= 11 is 3.49. The fourth-order valence-electron chi connectivity index (χ4n) is 3.88. The van der Waals surface area contributed by atoms with Crippen LogP contribution >= 0.6 is 15.9 Å². The second-order valence-corrected chi connectivity index (χ2v) is 8.84. The molecule has 0 aromatic heterocycles.